The first kappa shape index (κ1) is 18.0. The van der Waals surface area contributed by atoms with Crippen molar-refractivity contribution < 1.29 is 14.0 Å². The lowest BCUT2D eigenvalue weighted by Crippen LogP contribution is -2.42. The molecule has 3 rings (SSSR count). The third kappa shape index (κ3) is 3.87. The summed E-state index contributed by atoms with van der Waals surface area (Å²) in [5.74, 6) is -0.0754. The molecule has 1 aliphatic heterocycles. The van der Waals surface area contributed by atoms with E-state index in [2.05, 4.69) is 5.32 Å². The van der Waals surface area contributed by atoms with Crippen LogP contribution >= 0.6 is 0 Å². The van der Waals surface area contributed by atoms with Gasteiger partial charge < -0.3 is 19.2 Å². The molecule has 0 saturated carbocycles. The number of hydrogen-bond acceptors (Lipinski definition) is 4. The van der Waals surface area contributed by atoms with E-state index in [4.69, 9.17) is 4.42 Å². The predicted molar refractivity (Wildman–Crippen MR) is 96.1 cm³/mol. The summed E-state index contributed by atoms with van der Waals surface area (Å²) in [7, 11) is 1.80. The summed E-state index contributed by atoms with van der Waals surface area (Å²) in [6.07, 6.45) is 6.15. The van der Waals surface area contributed by atoms with Crippen LogP contribution in [-0.4, -0.2) is 40.9 Å². The summed E-state index contributed by atoms with van der Waals surface area (Å²) >= 11 is 0. The molecule has 0 aromatic carbocycles. The molecule has 0 unspecified atom stereocenters. The fourth-order valence-electron chi connectivity index (χ4n) is 3.14. The van der Waals surface area contributed by atoms with Gasteiger partial charge >= 0.3 is 0 Å². The van der Waals surface area contributed by atoms with Crippen LogP contribution in [-0.2, 0) is 7.05 Å². The maximum atomic E-state index is 12.3. The predicted octanol–water partition coefficient (Wildman–Crippen LogP) is 1.57. The Balaban J connectivity index is 1.51. The van der Waals surface area contributed by atoms with Gasteiger partial charge in [-0.15, -0.1) is 0 Å². The van der Waals surface area contributed by atoms with E-state index in [-0.39, 0.29) is 22.8 Å². The number of piperidine rings is 1. The normalized spacial score (nSPS) is 15.1. The Morgan fingerprint density at radius 1 is 1.31 bits per heavy atom. The van der Waals surface area contributed by atoms with Crippen molar-refractivity contribution in [2.45, 2.75) is 19.8 Å². The average Bonchev–Trinajstić information content (AvgIpc) is 3.17. The molecular formula is C19H23N3O4. The molecule has 26 heavy (non-hydrogen) atoms. The van der Waals surface area contributed by atoms with Gasteiger partial charge in [-0.1, -0.05) is 0 Å². The molecule has 1 N–H and O–H groups in total. The van der Waals surface area contributed by atoms with Crippen LogP contribution < -0.4 is 10.7 Å². The maximum absolute atomic E-state index is 12.3. The van der Waals surface area contributed by atoms with Crippen molar-refractivity contribution >= 4 is 11.8 Å². The Morgan fingerprint density at radius 2 is 2.04 bits per heavy atom. The van der Waals surface area contributed by atoms with Gasteiger partial charge in [0.05, 0.1) is 11.8 Å². The minimum Gasteiger partial charge on any atom is -0.472 e. The number of amides is 2. The fourth-order valence-corrected chi connectivity index (χ4v) is 3.14. The molecule has 0 spiro atoms. The lowest BCUT2D eigenvalue weighted by molar-refractivity contribution is 0.0683. The first-order chi connectivity index (χ1) is 12.5. The van der Waals surface area contributed by atoms with Gasteiger partial charge in [0, 0.05) is 44.6 Å². The van der Waals surface area contributed by atoms with Crippen molar-refractivity contribution in [1.29, 1.82) is 0 Å². The highest BCUT2D eigenvalue weighted by Gasteiger charge is 2.24. The number of aromatic nitrogens is 1. The van der Waals surface area contributed by atoms with Crippen molar-refractivity contribution in [3.8, 4) is 0 Å². The Bertz CT molecular complexity index is 846. The van der Waals surface area contributed by atoms with Crippen molar-refractivity contribution in [1.82, 2.24) is 14.8 Å². The first-order valence-electron chi connectivity index (χ1n) is 8.72. The summed E-state index contributed by atoms with van der Waals surface area (Å²) in [4.78, 5) is 38.4. The number of furan rings is 1. The zero-order valence-corrected chi connectivity index (χ0v) is 15.0. The number of nitrogens with zero attached hydrogens (tertiary/aromatic N) is 2. The van der Waals surface area contributed by atoms with Gasteiger partial charge in [0.2, 0.25) is 0 Å². The van der Waals surface area contributed by atoms with Crippen molar-refractivity contribution in [2.75, 3.05) is 19.6 Å². The molecule has 3 heterocycles. The van der Waals surface area contributed by atoms with Crippen molar-refractivity contribution in [2.24, 2.45) is 13.0 Å². The molecule has 7 nitrogen and oxygen atoms in total. The second kappa shape index (κ2) is 7.59. The van der Waals surface area contributed by atoms with Crippen molar-refractivity contribution in [3.63, 3.8) is 0 Å². The summed E-state index contributed by atoms with van der Waals surface area (Å²) in [5.41, 5.74) is 1.26. The lowest BCUT2D eigenvalue weighted by Gasteiger charge is -2.31. The minimum absolute atomic E-state index is 0.0237. The second-order valence-corrected chi connectivity index (χ2v) is 6.76. The molecule has 2 aromatic heterocycles. The summed E-state index contributed by atoms with van der Waals surface area (Å²) < 4.78 is 6.72. The smallest absolute Gasteiger partial charge is 0.257 e. The number of carbonyl (C=O) groups excluding carboxylic acids is 2. The van der Waals surface area contributed by atoms with E-state index in [1.165, 1.54) is 18.6 Å². The van der Waals surface area contributed by atoms with Gasteiger partial charge in [0.1, 0.15) is 11.8 Å². The quantitative estimate of drug-likeness (QED) is 0.900. The van der Waals surface area contributed by atoms with Gasteiger partial charge in [-0.2, -0.15) is 0 Å². The number of nitrogens with one attached hydrogen (secondary N) is 1. The van der Waals surface area contributed by atoms with Crippen LogP contribution in [0.4, 0.5) is 0 Å². The van der Waals surface area contributed by atoms with Gasteiger partial charge in [-0.3, -0.25) is 14.4 Å². The molecule has 0 bridgehead atoms. The molecule has 0 radical (unpaired) electrons. The Kier molecular flexibility index (Phi) is 5.25. The van der Waals surface area contributed by atoms with Gasteiger partial charge in [-0.05, 0) is 31.7 Å². The summed E-state index contributed by atoms with van der Waals surface area (Å²) in [5, 5.41) is 2.86. The standard InChI is InChI=1S/C19H23N3O4/c1-13-9-17(23)16(11-21(13)2)18(24)20-10-14-3-6-22(7-4-14)19(25)15-5-8-26-12-15/h5,8-9,11-12,14H,3-4,6-7,10H2,1-2H3,(H,20,24). The van der Waals surface area contributed by atoms with E-state index < -0.39 is 0 Å². The van der Waals surface area contributed by atoms with Crippen LogP contribution in [0.2, 0.25) is 0 Å². The molecule has 0 atom stereocenters. The molecule has 7 heteroatoms. The van der Waals surface area contributed by atoms with Crippen LogP contribution in [0.3, 0.4) is 0 Å². The number of likely N-dealkylation sites (tertiary alicyclic amines) is 1. The van der Waals surface area contributed by atoms with Gasteiger partial charge in [0.25, 0.3) is 11.8 Å². The molecule has 138 valence electrons. The number of carbonyl (C=O) groups is 2. The number of hydrogen-bond donors (Lipinski definition) is 1. The largest absolute Gasteiger partial charge is 0.472 e. The Hall–Kier alpha value is -2.83. The summed E-state index contributed by atoms with van der Waals surface area (Å²) in [6, 6.07) is 3.13. The molecule has 1 fully saturated rings. The van der Waals surface area contributed by atoms with Crippen LogP contribution in [0.25, 0.3) is 0 Å². The minimum atomic E-state index is -0.345. The highest BCUT2D eigenvalue weighted by atomic mass is 16.3. The van der Waals surface area contributed by atoms with E-state index in [1.807, 2.05) is 6.92 Å². The van der Waals surface area contributed by atoms with Crippen molar-refractivity contribution in [3.05, 3.63) is 57.9 Å². The Labute approximate surface area is 151 Å². The van der Waals surface area contributed by atoms with E-state index in [0.717, 1.165) is 18.5 Å². The van der Waals surface area contributed by atoms with Crippen LogP contribution in [0, 0.1) is 12.8 Å². The second-order valence-electron chi connectivity index (χ2n) is 6.76. The van der Waals surface area contributed by atoms with Crippen LogP contribution in [0.5, 0.6) is 0 Å². The molecule has 1 saturated heterocycles. The van der Waals surface area contributed by atoms with Crippen LogP contribution in [0.15, 0.2) is 40.1 Å². The zero-order valence-electron chi connectivity index (χ0n) is 15.0. The van der Waals surface area contributed by atoms with E-state index in [1.54, 1.807) is 28.8 Å². The van der Waals surface area contributed by atoms with E-state index in [9.17, 15) is 14.4 Å². The lowest BCUT2D eigenvalue weighted by atomic mass is 9.96. The highest BCUT2D eigenvalue weighted by Crippen LogP contribution is 2.18. The van der Waals surface area contributed by atoms with E-state index >= 15 is 0 Å². The maximum Gasteiger partial charge on any atom is 0.257 e. The molecule has 1 aliphatic rings. The third-order valence-electron chi connectivity index (χ3n) is 4.95. The fraction of sp³-hybridized carbons (Fsp3) is 0.421. The Morgan fingerprint density at radius 3 is 2.69 bits per heavy atom. The highest BCUT2D eigenvalue weighted by molar-refractivity contribution is 5.94. The molecule has 2 aromatic rings. The monoisotopic (exact) mass is 357 g/mol. The average molecular weight is 357 g/mol. The number of aryl methyl sites for hydroxylation is 2. The number of rotatable bonds is 4. The summed E-state index contributed by atoms with van der Waals surface area (Å²) in [6.45, 7) is 3.62. The number of pyridine rings is 1. The topological polar surface area (TPSA) is 84.6 Å². The van der Waals surface area contributed by atoms with Crippen LogP contribution in [0.1, 0.15) is 39.3 Å². The third-order valence-corrected chi connectivity index (χ3v) is 4.95. The van der Waals surface area contributed by atoms with Gasteiger partial charge in [0.15, 0.2) is 5.43 Å². The molecule has 0 aliphatic carbocycles. The molecular weight excluding hydrogens is 334 g/mol. The zero-order chi connectivity index (χ0) is 18.7. The van der Waals surface area contributed by atoms with Gasteiger partial charge in [-0.25, -0.2) is 0 Å². The SMILES string of the molecule is Cc1cc(=O)c(C(=O)NCC2CCN(C(=O)c3ccoc3)CC2)cn1C. The first-order valence-corrected chi connectivity index (χ1v) is 8.72. The molecule has 2 amide bonds. The van der Waals surface area contributed by atoms with E-state index in [0.29, 0.717) is 31.1 Å².